The molecular weight excluding hydrogens is 398 g/mol. The molecule has 0 aliphatic carbocycles. The quantitative estimate of drug-likeness (QED) is 0.724. The van der Waals surface area contributed by atoms with Crippen molar-refractivity contribution in [3.05, 3.63) is 59.1 Å². The van der Waals surface area contributed by atoms with Crippen LogP contribution in [-0.4, -0.2) is 62.1 Å². The number of methoxy groups -OCH3 is 1. The summed E-state index contributed by atoms with van der Waals surface area (Å²) in [4.78, 5) is 19.9. The second kappa shape index (κ2) is 9.71. The molecule has 2 fully saturated rings. The van der Waals surface area contributed by atoms with Gasteiger partial charge in [-0.15, -0.1) is 0 Å². The zero-order chi connectivity index (χ0) is 20.9. The van der Waals surface area contributed by atoms with Crippen LogP contribution in [0, 0.1) is 5.92 Å². The van der Waals surface area contributed by atoms with Gasteiger partial charge in [0.05, 0.1) is 12.8 Å². The molecule has 0 bridgehead atoms. The Morgan fingerprint density at radius 2 is 1.63 bits per heavy atom. The summed E-state index contributed by atoms with van der Waals surface area (Å²) in [6, 6.07) is 16.2. The van der Waals surface area contributed by atoms with Crippen LogP contribution in [0.4, 0.5) is 5.69 Å². The minimum absolute atomic E-state index is 0.157. The highest BCUT2D eigenvalue weighted by Gasteiger charge is 2.30. The van der Waals surface area contributed by atoms with Gasteiger partial charge in [-0.25, -0.2) is 0 Å². The van der Waals surface area contributed by atoms with E-state index in [9.17, 15) is 4.79 Å². The number of carbonyl (C=O) groups excluding carboxylic acids is 1. The predicted molar refractivity (Wildman–Crippen MR) is 121 cm³/mol. The van der Waals surface area contributed by atoms with E-state index in [2.05, 4.69) is 32.9 Å². The molecule has 0 radical (unpaired) electrons. The number of hydrogen-bond acceptors (Lipinski definition) is 4. The average Bonchev–Trinajstić information content (AvgIpc) is 2.81. The summed E-state index contributed by atoms with van der Waals surface area (Å²) in [5.41, 5.74) is 2.39. The van der Waals surface area contributed by atoms with Crippen molar-refractivity contribution < 1.29 is 9.53 Å². The van der Waals surface area contributed by atoms with Gasteiger partial charge in [0.2, 0.25) is 5.91 Å². The Balaban J connectivity index is 1.25. The number of piperazine rings is 1. The number of ether oxygens (including phenoxy) is 1. The van der Waals surface area contributed by atoms with Crippen LogP contribution in [0.15, 0.2) is 48.5 Å². The lowest BCUT2D eigenvalue weighted by molar-refractivity contribution is -0.137. The van der Waals surface area contributed by atoms with Crippen molar-refractivity contribution in [2.24, 2.45) is 5.92 Å². The van der Waals surface area contributed by atoms with Crippen LogP contribution in [0.2, 0.25) is 5.02 Å². The van der Waals surface area contributed by atoms with E-state index in [1.165, 1.54) is 5.56 Å². The molecule has 5 nitrogen and oxygen atoms in total. The summed E-state index contributed by atoms with van der Waals surface area (Å²) >= 11 is 5.98. The molecular formula is C24H30ClN3O2. The molecule has 2 aliphatic rings. The number of piperidine rings is 1. The number of carbonyl (C=O) groups is 1. The van der Waals surface area contributed by atoms with Crippen molar-refractivity contribution in [2.45, 2.75) is 19.4 Å². The summed E-state index contributed by atoms with van der Waals surface area (Å²) in [5, 5.41) is 0.772. The van der Waals surface area contributed by atoms with Crippen LogP contribution >= 0.6 is 11.6 Å². The fourth-order valence-corrected chi connectivity index (χ4v) is 4.63. The Labute approximate surface area is 184 Å². The van der Waals surface area contributed by atoms with E-state index in [0.29, 0.717) is 5.91 Å². The van der Waals surface area contributed by atoms with Gasteiger partial charge < -0.3 is 14.5 Å². The molecule has 1 amide bonds. The average molecular weight is 428 g/mol. The highest BCUT2D eigenvalue weighted by Crippen LogP contribution is 2.29. The Bertz CT molecular complexity index is 842. The van der Waals surface area contributed by atoms with Gasteiger partial charge in [-0.3, -0.25) is 9.69 Å². The van der Waals surface area contributed by atoms with Crippen molar-refractivity contribution in [3.8, 4) is 5.75 Å². The first-order valence-corrected chi connectivity index (χ1v) is 11.2. The van der Waals surface area contributed by atoms with Crippen molar-refractivity contribution in [3.63, 3.8) is 0 Å². The van der Waals surface area contributed by atoms with E-state index in [1.54, 1.807) is 7.11 Å². The van der Waals surface area contributed by atoms with Crippen LogP contribution in [0.1, 0.15) is 18.4 Å². The molecule has 2 saturated heterocycles. The number of benzene rings is 2. The third-order valence-electron chi connectivity index (χ3n) is 6.27. The molecule has 2 heterocycles. The fourth-order valence-electron chi connectivity index (χ4n) is 4.50. The molecule has 0 saturated carbocycles. The van der Waals surface area contributed by atoms with Crippen LogP contribution in [0.25, 0.3) is 0 Å². The van der Waals surface area contributed by atoms with E-state index < -0.39 is 0 Å². The maximum atomic E-state index is 13.1. The standard InChI is InChI=1S/C24H30ClN3O2/c1-30-23-5-3-2-4-22(23)27-14-16-28(17-15-27)24(29)20-10-12-26(13-11-20)18-19-6-8-21(25)9-7-19/h2-9,20H,10-18H2,1H3. The molecule has 2 aliphatic heterocycles. The van der Waals surface area contributed by atoms with E-state index in [4.69, 9.17) is 16.3 Å². The summed E-state index contributed by atoms with van der Waals surface area (Å²) in [5.74, 6) is 1.38. The minimum atomic E-state index is 0.157. The first-order chi connectivity index (χ1) is 14.6. The molecule has 0 unspecified atom stereocenters. The summed E-state index contributed by atoms with van der Waals surface area (Å²) in [6.45, 7) is 6.13. The molecule has 0 spiro atoms. The number of para-hydroxylation sites is 2. The van der Waals surface area contributed by atoms with Gasteiger partial charge in [-0.1, -0.05) is 35.9 Å². The first kappa shape index (κ1) is 21.0. The highest BCUT2D eigenvalue weighted by molar-refractivity contribution is 6.30. The third kappa shape index (κ3) is 4.90. The van der Waals surface area contributed by atoms with Crippen LogP contribution < -0.4 is 9.64 Å². The van der Waals surface area contributed by atoms with Crippen LogP contribution in [-0.2, 0) is 11.3 Å². The molecule has 6 heteroatoms. The number of hydrogen-bond donors (Lipinski definition) is 0. The number of amides is 1. The zero-order valence-corrected chi connectivity index (χ0v) is 18.4. The van der Waals surface area contributed by atoms with Crippen LogP contribution in [0.5, 0.6) is 5.75 Å². The van der Waals surface area contributed by atoms with Crippen LogP contribution in [0.3, 0.4) is 0 Å². The van der Waals surface area contributed by atoms with E-state index in [1.807, 2.05) is 30.3 Å². The molecule has 4 rings (SSSR count). The molecule has 2 aromatic carbocycles. The minimum Gasteiger partial charge on any atom is -0.495 e. The number of halogens is 1. The lowest BCUT2D eigenvalue weighted by Crippen LogP contribution is -2.51. The van der Waals surface area contributed by atoms with Gasteiger partial charge >= 0.3 is 0 Å². The lowest BCUT2D eigenvalue weighted by atomic mass is 9.94. The predicted octanol–water partition coefficient (Wildman–Crippen LogP) is 3.91. The smallest absolute Gasteiger partial charge is 0.225 e. The van der Waals surface area contributed by atoms with Gasteiger partial charge in [0.15, 0.2) is 0 Å². The summed E-state index contributed by atoms with van der Waals surface area (Å²) < 4.78 is 5.49. The van der Waals surface area contributed by atoms with E-state index >= 15 is 0 Å². The Kier molecular flexibility index (Phi) is 6.80. The van der Waals surface area contributed by atoms with E-state index in [0.717, 1.165) is 75.1 Å². The summed E-state index contributed by atoms with van der Waals surface area (Å²) in [6.07, 6.45) is 1.89. The lowest BCUT2D eigenvalue weighted by Gasteiger charge is -2.39. The second-order valence-corrected chi connectivity index (χ2v) is 8.60. The van der Waals surface area contributed by atoms with E-state index in [-0.39, 0.29) is 5.92 Å². The molecule has 0 N–H and O–H groups in total. The second-order valence-electron chi connectivity index (χ2n) is 8.16. The Hall–Kier alpha value is -2.24. The maximum Gasteiger partial charge on any atom is 0.225 e. The zero-order valence-electron chi connectivity index (χ0n) is 17.6. The molecule has 0 aromatic heterocycles. The van der Waals surface area contributed by atoms with Gasteiger partial charge in [0, 0.05) is 43.7 Å². The van der Waals surface area contributed by atoms with Crippen molar-refractivity contribution in [1.82, 2.24) is 9.80 Å². The topological polar surface area (TPSA) is 36.0 Å². The Morgan fingerprint density at radius 3 is 2.30 bits per heavy atom. The maximum absolute atomic E-state index is 13.1. The van der Waals surface area contributed by atoms with Crippen molar-refractivity contribution >= 4 is 23.2 Å². The number of anilines is 1. The SMILES string of the molecule is COc1ccccc1N1CCN(C(=O)C2CCN(Cc3ccc(Cl)cc3)CC2)CC1. The van der Waals surface area contributed by atoms with Crippen molar-refractivity contribution in [1.29, 1.82) is 0 Å². The number of nitrogens with zero attached hydrogens (tertiary/aromatic N) is 3. The number of rotatable bonds is 5. The number of likely N-dealkylation sites (tertiary alicyclic amines) is 1. The van der Waals surface area contributed by atoms with Gasteiger partial charge in [0.25, 0.3) is 0 Å². The van der Waals surface area contributed by atoms with Crippen molar-refractivity contribution in [2.75, 3.05) is 51.3 Å². The van der Waals surface area contributed by atoms with Gasteiger partial charge in [-0.2, -0.15) is 0 Å². The molecule has 160 valence electrons. The van der Waals surface area contributed by atoms with Gasteiger partial charge in [-0.05, 0) is 55.8 Å². The molecule has 0 atom stereocenters. The van der Waals surface area contributed by atoms with Gasteiger partial charge in [0.1, 0.15) is 5.75 Å². The normalized spacial score (nSPS) is 18.5. The Morgan fingerprint density at radius 1 is 0.967 bits per heavy atom. The largest absolute Gasteiger partial charge is 0.495 e. The monoisotopic (exact) mass is 427 g/mol. The summed E-state index contributed by atoms with van der Waals surface area (Å²) in [7, 11) is 1.71. The third-order valence-corrected chi connectivity index (χ3v) is 6.53. The molecule has 30 heavy (non-hydrogen) atoms. The molecule has 2 aromatic rings. The highest BCUT2D eigenvalue weighted by atomic mass is 35.5. The first-order valence-electron chi connectivity index (χ1n) is 10.8. The fraction of sp³-hybridized carbons (Fsp3) is 0.458.